The van der Waals surface area contributed by atoms with E-state index in [1.54, 1.807) is 13.0 Å². The van der Waals surface area contributed by atoms with E-state index in [2.05, 4.69) is 0 Å². The van der Waals surface area contributed by atoms with Gasteiger partial charge in [-0.25, -0.2) is 4.39 Å². The summed E-state index contributed by atoms with van der Waals surface area (Å²) in [6, 6.07) is 4.36. The second kappa shape index (κ2) is 5.37. The van der Waals surface area contributed by atoms with Crippen molar-refractivity contribution in [3.8, 4) is 5.75 Å². The molecule has 0 radical (unpaired) electrons. The number of carbonyl (C=O) groups excluding carboxylic acids is 1. The van der Waals surface area contributed by atoms with Crippen molar-refractivity contribution in [2.24, 2.45) is 0 Å². The van der Waals surface area contributed by atoms with E-state index in [1.807, 2.05) is 0 Å². The van der Waals surface area contributed by atoms with Crippen LogP contribution >= 0.6 is 0 Å². The zero-order valence-electron chi connectivity index (χ0n) is 7.63. The molecule has 0 saturated carbocycles. The van der Waals surface area contributed by atoms with E-state index in [0.717, 1.165) is 0 Å². The highest BCUT2D eigenvalue weighted by atomic mass is 19.1. The van der Waals surface area contributed by atoms with Crippen LogP contribution in [0.15, 0.2) is 18.2 Å². The average Bonchev–Trinajstić information content (AvgIpc) is 2.04. The summed E-state index contributed by atoms with van der Waals surface area (Å²) in [5.74, 6) is -0.532. The maximum atomic E-state index is 13.1. The summed E-state index contributed by atoms with van der Waals surface area (Å²) in [4.78, 5) is 11.0. The Morgan fingerprint density at radius 3 is 2.64 bits per heavy atom. The van der Waals surface area contributed by atoms with Gasteiger partial charge in [-0.05, 0) is 26.0 Å². The first-order valence-corrected chi connectivity index (χ1v) is 4.09. The van der Waals surface area contributed by atoms with Crippen molar-refractivity contribution in [1.29, 1.82) is 0 Å². The number of rotatable bonds is 3. The molecule has 0 amide bonds. The SMILES string of the molecule is C.CCOc1cccc(F)c1C(C)=O. The molecule has 1 rings (SSSR count). The first-order chi connectivity index (χ1) is 6.16. The van der Waals surface area contributed by atoms with Gasteiger partial charge in [-0.15, -0.1) is 0 Å². The Morgan fingerprint density at radius 1 is 1.50 bits per heavy atom. The van der Waals surface area contributed by atoms with Crippen LogP contribution in [-0.2, 0) is 0 Å². The van der Waals surface area contributed by atoms with Crippen LogP contribution in [0.25, 0.3) is 0 Å². The predicted molar refractivity (Wildman–Crippen MR) is 54.3 cm³/mol. The van der Waals surface area contributed by atoms with Gasteiger partial charge in [-0.1, -0.05) is 13.5 Å². The zero-order chi connectivity index (χ0) is 9.84. The van der Waals surface area contributed by atoms with Crippen molar-refractivity contribution in [3.63, 3.8) is 0 Å². The lowest BCUT2D eigenvalue weighted by Gasteiger charge is -2.07. The number of halogens is 1. The molecular weight excluding hydrogens is 183 g/mol. The molecule has 0 fully saturated rings. The van der Waals surface area contributed by atoms with E-state index in [0.29, 0.717) is 12.4 Å². The number of hydrogen-bond acceptors (Lipinski definition) is 2. The van der Waals surface area contributed by atoms with E-state index in [4.69, 9.17) is 4.74 Å². The topological polar surface area (TPSA) is 26.3 Å². The number of hydrogen-bond donors (Lipinski definition) is 0. The summed E-state index contributed by atoms with van der Waals surface area (Å²) >= 11 is 0. The normalized spacial score (nSPS) is 9.07. The molecule has 0 aromatic heterocycles. The van der Waals surface area contributed by atoms with E-state index in [9.17, 15) is 9.18 Å². The minimum Gasteiger partial charge on any atom is -0.493 e. The lowest BCUT2D eigenvalue weighted by Crippen LogP contribution is -2.03. The quantitative estimate of drug-likeness (QED) is 0.698. The third-order valence-electron chi connectivity index (χ3n) is 1.63. The van der Waals surface area contributed by atoms with Crippen LogP contribution in [0, 0.1) is 5.82 Å². The van der Waals surface area contributed by atoms with Crippen molar-refractivity contribution in [2.75, 3.05) is 6.61 Å². The largest absolute Gasteiger partial charge is 0.493 e. The van der Waals surface area contributed by atoms with Crippen LogP contribution in [0.5, 0.6) is 5.75 Å². The fourth-order valence-electron chi connectivity index (χ4n) is 1.12. The van der Waals surface area contributed by atoms with Crippen molar-refractivity contribution in [2.45, 2.75) is 21.3 Å². The van der Waals surface area contributed by atoms with Gasteiger partial charge in [0.1, 0.15) is 11.6 Å². The van der Waals surface area contributed by atoms with Crippen molar-refractivity contribution >= 4 is 5.78 Å². The van der Waals surface area contributed by atoms with Gasteiger partial charge in [0.15, 0.2) is 5.78 Å². The molecule has 0 aliphatic rings. The molecule has 0 atom stereocenters. The van der Waals surface area contributed by atoms with E-state index in [1.165, 1.54) is 19.1 Å². The Bertz CT molecular complexity index is 321. The minimum atomic E-state index is -0.529. The Labute approximate surface area is 83.7 Å². The van der Waals surface area contributed by atoms with Gasteiger partial charge < -0.3 is 4.74 Å². The lowest BCUT2D eigenvalue weighted by molar-refractivity contribution is 0.101. The second-order valence-electron chi connectivity index (χ2n) is 2.60. The van der Waals surface area contributed by atoms with Gasteiger partial charge in [0.2, 0.25) is 0 Å². The van der Waals surface area contributed by atoms with Crippen LogP contribution in [0.2, 0.25) is 0 Å². The molecule has 0 spiro atoms. The maximum absolute atomic E-state index is 13.1. The molecule has 0 saturated heterocycles. The molecule has 78 valence electrons. The Hall–Kier alpha value is -1.38. The Morgan fingerprint density at radius 2 is 2.14 bits per heavy atom. The highest BCUT2D eigenvalue weighted by molar-refractivity contribution is 5.97. The van der Waals surface area contributed by atoms with Crippen LogP contribution < -0.4 is 4.74 Å². The summed E-state index contributed by atoms with van der Waals surface area (Å²) in [5.41, 5.74) is 0.0318. The number of ether oxygens (including phenoxy) is 1. The van der Waals surface area contributed by atoms with Crippen LogP contribution in [-0.4, -0.2) is 12.4 Å². The summed E-state index contributed by atoms with van der Waals surface area (Å²) in [7, 11) is 0. The van der Waals surface area contributed by atoms with Crippen molar-refractivity contribution in [1.82, 2.24) is 0 Å². The molecule has 3 heteroatoms. The predicted octanol–water partition coefficient (Wildman–Crippen LogP) is 3.06. The molecule has 2 nitrogen and oxygen atoms in total. The minimum absolute atomic E-state index is 0. The smallest absolute Gasteiger partial charge is 0.166 e. The highest BCUT2D eigenvalue weighted by Crippen LogP contribution is 2.21. The average molecular weight is 198 g/mol. The number of benzene rings is 1. The summed E-state index contributed by atoms with van der Waals surface area (Å²) in [5, 5.41) is 0. The number of Topliss-reactive ketones (excluding diaryl/α,β-unsaturated/α-hetero) is 1. The summed E-state index contributed by atoms with van der Waals surface area (Å²) in [6.07, 6.45) is 0. The first kappa shape index (κ1) is 12.6. The van der Waals surface area contributed by atoms with Crippen LogP contribution in [0.1, 0.15) is 31.6 Å². The molecule has 0 unspecified atom stereocenters. The fourth-order valence-corrected chi connectivity index (χ4v) is 1.12. The van der Waals surface area contributed by atoms with Crippen molar-refractivity contribution in [3.05, 3.63) is 29.6 Å². The van der Waals surface area contributed by atoms with Gasteiger partial charge in [-0.2, -0.15) is 0 Å². The van der Waals surface area contributed by atoms with E-state index >= 15 is 0 Å². The standard InChI is InChI=1S/C10H11FO2.CH4/c1-3-13-9-6-4-5-8(11)10(9)7(2)12;/h4-6H,3H2,1-2H3;1H4. The Kier molecular flexibility index (Phi) is 4.84. The zero-order valence-corrected chi connectivity index (χ0v) is 7.63. The fraction of sp³-hybridized carbons (Fsp3) is 0.364. The van der Waals surface area contributed by atoms with E-state index < -0.39 is 5.82 Å². The first-order valence-electron chi connectivity index (χ1n) is 4.09. The third-order valence-corrected chi connectivity index (χ3v) is 1.63. The van der Waals surface area contributed by atoms with Gasteiger partial charge in [0.25, 0.3) is 0 Å². The monoisotopic (exact) mass is 198 g/mol. The van der Waals surface area contributed by atoms with Crippen molar-refractivity contribution < 1.29 is 13.9 Å². The third kappa shape index (κ3) is 2.55. The maximum Gasteiger partial charge on any atom is 0.166 e. The second-order valence-corrected chi connectivity index (χ2v) is 2.60. The Balaban J connectivity index is 0.00000169. The molecule has 1 aromatic carbocycles. The molecule has 1 aromatic rings. The number of ketones is 1. The van der Waals surface area contributed by atoms with Gasteiger partial charge in [0, 0.05) is 0 Å². The number of carbonyl (C=O) groups is 1. The molecule has 0 heterocycles. The molecule has 14 heavy (non-hydrogen) atoms. The van der Waals surface area contributed by atoms with Crippen LogP contribution in [0.4, 0.5) is 4.39 Å². The van der Waals surface area contributed by atoms with Crippen LogP contribution in [0.3, 0.4) is 0 Å². The van der Waals surface area contributed by atoms with Gasteiger partial charge in [0.05, 0.1) is 12.2 Å². The summed E-state index contributed by atoms with van der Waals surface area (Å²) < 4.78 is 18.2. The molecular formula is C11H15FO2. The highest BCUT2D eigenvalue weighted by Gasteiger charge is 2.12. The van der Waals surface area contributed by atoms with E-state index in [-0.39, 0.29) is 18.8 Å². The summed E-state index contributed by atoms with van der Waals surface area (Å²) in [6.45, 7) is 3.53. The van der Waals surface area contributed by atoms with Gasteiger partial charge >= 0.3 is 0 Å². The molecule has 0 aliphatic carbocycles. The van der Waals surface area contributed by atoms with Gasteiger partial charge in [-0.3, -0.25) is 4.79 Å². The molecule has 0 bridgehead atoms. The lowest BCUT2D eigenvalue weighted by atomic mass is 10.1. The molecule has 0 N–H and O–H groups in total. The molecule has 0 aliphatic heterocycles.